The van der Waals surface area contributed by atoms with E-state index in [4.69, 9.17) is 21.1 Å². The van der Waals surface area contributed by atoms with Gasteiger partial charge in [-0.1, -0.05) is 49.6 Å². The summed E-state index contributed by atoms with van der Waals surface area (Å²) >= 11 is 5.97. The van der Waals surface area contributed by atoms with Gasteiger partial charge in [-0.15, -0.1) is 0 Å². The van der Waals surface area contributed by atoms with E-state index in [0.717, 1.165) is 17.7 Å². The van der Waals surface area contributed by atoms with Gasteiger partial charge in [-0.05, 0) is 48.4 Å². The van der Waals surface area contributed by atoms with Crippen LogP contribution in [0, 0.1) is 0 Å². The summed E-state index contributed by atoms with van der Waals surface area (Å²) in [4.78, 5) is 16.3. The average Bonchev–Trinajstić information content (AvgIpc) is 3.01. The molecule has 0 aromatic heterocycles. The Bertz CT molecular complexity index is 841. The number of aliphatic imine (C=N–C) groups is 1. The molecule has 0 radical (unpaired) electrons. The van der Waals surface area contributed by atoms with Gasteiger partial charge in [-0.25, -0.2) is 9.79 Å². The third kappa shape index (κ3) is 4.73. The van der Waals surface area contributed by atoms with Gasteiger partial charge in [0.05, 0.1) is 6.61 Å². The lowest BCUT2D eigenvalue weighted by Gasteiger charge is -2.05. The number of rotatable bonds is 7. The molecule has 0 N–H and O–H groups in total. The zero-order valence-electron chi connectivity index (χ0n) is 14.6. The predicted molar refractivity (Wildman–Crippen MR) is 104 cm³/mol. The minimum absolute atomic E-state index is 0.261. The maximum atomic E-state index is 12.1. The molecule has 0 unspecified atom stereocenters. The quantitative estimate of drug-likeness (QED) is 0.380. The number of cyclic esters (lactones) is 1. The number of hydrogen-bond acceptors (Lipinski definition) is 4. The van der Waals surface area contributed by atoms with Crippen molar-refractivity contribution in [3.8, 4) is 5.75 Å². The summed E-state index contributed by atoms with van der Waals surface area (Å²) in [7, 11) is 0. The topological polar surface area (TPSA) is 47.9 Å². The Morgan fingerprint density at radius 3 is 2.69 bits per heavy atom. The molecule has 0 atom stereocenters. The van der Waals surface area contributed by atoms with Crippen molar-refractivity contribution in [2.45, 2.75) is 26.2 Å². The van der Waals surface area contributed by atoms with Gasteiger partial charge < -0.3 is 9.47 Å². The first-order valence-electron chi connectivity index (χ1n) is 8.67. The highest BCUT2D eigenvalue weighted by molar-refractivity contribution is 6.31. The first-order valence-corrected chi connectivity index (χ1v) is 9.05. The molecule has 3 rings (SSSR count). The zero-order valence-corrected chi connectivity index (χ0v) is 15.3. The third-order valence-electron chi connectivity index (χ3n) is 3.89. The van der Waals surface area contributed by atoms with Crippen LogP contribution < -0.4 is 4.74 Å². The average molecular weight is 370 g/mol. The highest BCUT2D eigenvalue weighted by Crippen LogP contribution is 2.22. The molecule has 0 amide bonds. The molecule has 5 heteroatoms. The minimum atomic E-state index is -0.472. The SMILES string of the molecule is CCCCCOc1ccc(/C=C2\N=C(c3cccc(Cl)c3)OC2=O)cc1. The molecule has 0 spiro atoms. The Hall–Kier alpha value is -2.59. The maximum absolute atomic E-state index is 12.1. The zero-order chi connectivity index (χ0) is 18.4. The Labute approximate surface area is 158 Å². The van der Waals surface area contributed by atoms with Crippen molar-refractivity contribution in [2.24, 2.45) is 4.99 Å². The summed E-state index contributed by atoms with van der Waals surface area (Å²) < 4.78 is 10.9. The molecular formula is C21H20ClNO3. The molecule has 0 saturated heterocycles. The van der Waals surface area contributed by atoms with Crippen LogP contribution in [0.2, 0.25) is 5.02 Å². The summed E-state index contributed by atoms with van der Waals surface area (Å²) in [6, 6.07) is 14.6. The van der Waals surface area contributed by atoms with Crippen LogP contribution in [0.3, 0.4) is 0 Å². The van der Waals surface area contributed by atoms with Crippen LogP contribution >= 0.6 is 11.6 Å². The monoisotopic (exact) mass is 369 g/mol. The molecule has 1 aliphatic rings. The third-order valence-corrected chi connectivity index (χ3v) is 4.13. The van der Waals surface area contributed by atoms with E-state index in [2.05, 4.69) is 11.9 Å². The number of unbranched alkanes of at least 4 members (excludes halogenated alkanes) is 2. The van der Waals surface area contributed by atoms with E-state index in [1.807, 2.05) is 24.3 Å². The minimum Gasteiger partial charge on any atom is -0.494 e. The summed E-state index contributed by atoms with van der Waals surface area (Å²) in [5.41, 5.74) is 1.79. The van der Waals surface area contributed by atoms with Crippen LogP contribution in [-0.4, -0.2) is 18.5 Å². The Kier molecular flexibility index (Phi) is 6.08. The molecule has 1 aliphatic heterocycles. The predicted octanol–water partition coefficient (Wildman–Crippen LogP) is 5.25. The second-order valence-electron chi connectivity index (χ2n) is 5.97. The second-order valence-corrected chi connectivity index (χ2v) is 6.41. The fourth-order valence-electron chi connectivity index (χ4n) is 2.51. The molecule has 1 heterocycles. The lowest BCUT2D eigenvalue weighted by atomic mass is 10.2. The van der Waals surface area contributed by atoms with Crippen LogP contribution in [0.25, 0.3) is 6.08 Å². The number of hydrogen-bond donors (Lipinski definition) is 0. The number of esters is 1. The summed E-state index contributed by atoms with van der Waals surface area (Å²) in [5.74, 6) is 0.611. The van der Waals surface area contributed by atoms with Gasteiger partial charge in [-0.3, -0.25) is 0 Å². The summed E-state index contributed by atoms with van der Waals surface area (Å²) in [6.07, 6.45) is 5.08. The van der Waals surface area contributed by atoms with E-state index < -0.39 is 5.97 Å². The Morgan fingerprint density at radius 1 is 1.15 bits per heavy atom. The molecule has 26 heavy (non-hydrogen) atoms. The number of halogens is 1. The van der Waals surface area contributed by atoms with Gasteiger partial charge in [0.1, 0.15) is 5.75 Å². The molecule has 0 fully saturated rings. The normalized spacial score (nSPS) is 15.1. The molecule has 2 aromatic rings. The van der Waals surface area contributed by atoms with Crippen LogP contribution in [0.5, 0.6) is 5.75 Å². The van der Waals surface area contributed by atoms with Crippen LogP contribution in [0.4, 0.5) is 0 Å². The van der Waals surface area contributed by atoms with Crippen molar-refractivity contribution in [3.63, 3.8) is 0 Å². The van der Waals surface area contributed by atoms with E-state index in [0.29, 0.717) is 17.2 Å². The van der Waals surface area contributed by atoms with E-state index >= 15 is 0 Å². The van der Waals surface area contributed by atoms with Crippen LogP contribution in [0.1, 0.15) is 37.3 Å². The summed E-state index contributed by atoms with van der Waals surface area (Å²) in [6.45, 7) is 2.88. The standard InChI is InChI=1S/C21H20ClNO3/c1-2-3-4-12-25-18-10-8-15(9-11-18)13-19-21(24)26-20(23-19)16-6-5-7-17(22)14-16/h5-11,13-14H,2-4,12H2,1H3/b19-13-. The number of ether oxygens (including phenoxy) is 2. The van der Waals surface area contributed by atoms with E-state index in [1.54, 1.807) is 30.3 Å². The molecule has 0 aliphatic carbocycles. The van der Waals surface area contributed by atoms with Crippen LogP contribution in [0.15, 0.2) is 59.2 Å². The lowest BCUT2D eigenvalue weighted by molar-refractivity contribution is -0.129. The second kappa shape index (κ2) is 8.68. The fraction of sp³-hybridized carbons (Fsp3) is 0.238. The van der Waals surface area contributed by atoms with Gasteiger partial charge in [0.25, 0.3) is 0 Å². The molecule has 134 valence electrons. The van der Waals surface area contributed by atoms with E-state index in [1.165, 1.54) is 12.8 Å². The van der Waals surface area contributed by atoms with Crippen molar-refractivity contribution in [3.05, 3.63) is 70.4 Å². The summed E-state index contributed by atoms with van der Waals surface area (Å²) in [5, 5.41) is 0.563. The van der Waals surface area contributed by atoms with Crippen LogP contribution in [-0.2, 0) is 9.53 Å². The first kappa shape index (κ1) is 18.2. The van der Waals surface area contributed by atoms with Gasteiger partial charge in [0.15, 0.2) is 5.70 Å². The first-order chi connectivity index (χ1) is 12.7. The smallest absolute Gasteiger partial charge is 0.363 e. The molecular weight excluding hydrogens is 350 g/mol. The number of carbonyl (C=O) groups excluding carboxylic acids is 1. The number of benzene rings is 2. The Balaban J connectivity index is 1.70. The van der Waals surface area contributed by atoms with Gasteiger partial charge in [-0.2, -0.15) is 0 Å². The largest absolute Gasteiger partial charge is 0.494 e. The molecule has 0 saturated carbocycles. The van der Waals surface area contributed by atoms with Gasteiger partial charge in [0.2, 0.25) is 5.90 Å². The van der Waals surface area contributed by atoms with Crippen molar-refractivity contribution in [1.82, 2.24) is 0 Å². The number of carbonyl (C=O) groups is 1. The molecule has 0 bridgehead atoms. The van der Waals surface area contributed by atoms with Gasteiger partial charge in [0, 0.05) is 10.6 Å². The fourth-order valence-corrected chi connectivity index (χ4v) is 2.70. The number of nitrogens with zero attached hydrogens (tertiary/aromatic N) is 1. The van der Waals surface area contributed by atoms with Crippen molar-refractivity contribution >= 4 is 29.5 Å². The van der Waals surface area contributed by atoms with Crippen molar-refractivity contribution < 1.29 is 14.3 Å². The maximum Gasteiger partial charge on any atom is 0.363 e. The lowest BCUT2D eigenvalue weighted by Crippen LogP contribution is -2.05. The van der Waals surface area contributed by atoms with Gasteiger partial charge >= 0.3 is 5.97 Å². The highest BCUT2D eigenvalue weighted by atomic mass is 35.5. The highest BCUT2D eigenvalue weighted by Gasteiger charge is 2.24. The molecule has 4 nitrogen and oxygen atoms in total. The Morgan fingerprint density at radius 2 is 1.96 bits per heavy atom. The van der Waals surface area contributed by atoms with E-state index in [9.17, 15) is 4.79 Å². The molecule has 2 aromatic carbocycles. The van der Waals surface area contributed by atoms with Crippen molar-refractivity contribution in [2.75, 3.05) is 6.61 Å². The van der Waals surface area contributed by atoms with Crippen molar-refractivity contribution in [1.29, 1.82) is 0 Å². The van der Waals surface area contributed by atoms with E-state index in [-0.39, 0.29) is 11.6 Å².